The molecule has 0 bridgehead atoms. The Morgan fingerprint density at radius 2 is 1.38 bits per heavy atom. The van der Waals surface area contributed by atoms with Crippen LogP contribution < -0.4 is 11.5 Å². The van der Waals surface area contributed by atoms with E-state index in [0.29, 0.717) is 6.54 Å². The number of hydrogen-bond acceptors (Lipinski definition) is 3. The summed E-state index contributed by atoms with van der Waals surface area (Å²) in [6, 6.07) is -0.272. The molecule has 0 aromatic heterocycles. The fourth-order valence-corrected chi connectivity index (χ4v) is 0.712. The van der Waals surface area contributed by atoms with E-state index in [9.17, 15) is 4.79 Å². The van der Waals surface area contributed by atoms with Crippen molar-refractivity contribution in [3.8, 4) is 0 Å². The zero-order chi connectivity index (χ0) is 14.0. The van der Waals surface area contributed by atoms with Gasteiger partial charge in [0.25, 0.3) is 0 Å². The van der Waals surface area contributed by atoms with Gasteiger partial charge in [-0.05, 0) is 26.3 Å². The van der Waals surface area contributed by atoms with E-state index in [1.807, 2.05) is 41.5 Å². The van der Waals surface area contributed by atoms with E-state index in [1.165, 1.54) is 6.92 Å². The molecule has 0 aliphatic heterocycles. The van der Waals surface area contributed by atoms with Crippen molar-refractivity contribution >= 4 is 5.78 Å². The zero-order valence-corrected chi connectivity index (χ0v) is 12.5. The summed E-state index contributed by atoms with van der Waals surface area (Å²) in [7, 11) is 0. The first-order valence-electron chi connectivity index (χ1n) is 6.64. The SMILES string of the molecule is CC.CC.CC.CC(=O)[C@@H](N)CCCCN. The molecular formula is C13H34N2O. The molecule has 16 heavy (non-hydrogen) atoms. The lowest BCUT2D eigenvalue weighted by Crippen LogP contribution is -2.28. The molecule has 0 heterocycles. The molecule has 0 aromatic carbocycles. The Bertz CT molecular complexity index is 106. The van der Waals surface area contributed by atoms with Gasteiger partial charge in [0, 0.05) is 0 Å². The molecule has 0 aromatic rings. The number of rotatable bonds is 5. The average molecular weight is 234 g/mol. The lowest BCUT2D eigenvalue weighted by Gasteiger charge is -2.05. The van der Waals surface area contributed by atoms with Crippen LogP contribution in [0.2, 0.25) is 0 Å². The van der Waals surface area contributed by atoms with E-state index in [4.69, 9.17) is 11.5 Å². The van der Waals surface area contributed by atoms with Gasteiger partial charge < -0.3 is 11.5 Å². The van der Waals surface area contributed by atoms with Crippen LogP contribution in [0.4, 0.5) is 0 Å². The van der Waals surface area contributed by atoms with E-state index in [2.05, 4.69) is 0 Å². The zero-order valence-electron chi connectivity index (χ0n) is 12.5. The van der Waals surface area contributed by atoms with E-state index >= 15 is 0 Å². The van der Waals surface area contributed by atoms with Gasteiger partial charge in [-0.25, -0.2) is 0 Å². The van der Waals surface area contributed by atoms with Crippen molar-refractivity contribution in [2.24, 2.45) is 11.5 Å². The van der Waals surface area contributed by atoms with Crippen molar-refractivity contribution in [2.45, 2.75) is 73.8 Å². The predicted octanol–water partition coefficient (Wildman–Crippen LogP) is 3.11. The monoisotopic (exact) mass is 234 g/mol. The summed E-state index contributed by atoms with van der Waals surface area (Å²) >= 11 is 0. The van der Waals surface area contributed by atoms with Crippen LogP contribution in [0, 0.1) is 0 Å². The van der Waals surface area contributed by atoms with Gasteiger partial charge in [-0.15, -0.1) is 0 Å². The molecule has 0 amide bonds. The summed E-state index contributed by atoms with van der Waals surface area (Å²) in [6.45, 7) is 14.2. The maximum Gasteiger partial charge on any atom is 0.146 e. The second-order valence-corrected chi connectivity index (χ2v) is 2.50. The third-order valence-electron chi connectivity index (χ3n) is 1.49. The standard InChI is InChI=1S/C7H16N2O.3C2H6/c1-6(10)7(9)4-2-3-5-8;3*1-2/h7H,2-5,8-9H2,1H3;3*1-2H3/t7-;;;/m0.../s1. The van der Waals surface area contributed by atoms with E-state index in [1.54, 1.807) is 0 Å². The minimum atomic E-state index is -0.272. The quantitative estimate of drug-likeness (QED) is 0.718. The summed E-state index contributed by atoms with van der Waals surface area (Å²) in [5, 5.41) is 0. The summed E-state index contributed by atoms with van der Waals surface area (Å²) in [4.78, 5) is 10.6. The highest BCUT2D eigenvalue weighted by molar-refractivity contribution is 5.80. The lowest BCUT2D eigenvalue weighted by molar-refractivity contribution is -0.118. The Kier molecular flexibility index (Phi) is 45.2. The molecule has 0 aliphatic carbocycles. The number of ketones is 1. The Hall–Kier alpha value is -0.410. The number of unbranched alkanes of at least 4 members (excludes halogenated alkanes) is 1. The highest BCUT2D eigenvalue weighted by Gasteiger charge is 2.05. The van der Waals surface area contributed by atoms with Crippen LogP contribution in [0.15, 0.2) is 0 Å². The largest absolute Gasteiger partial charge is 0.330 e. The van der Waals surface area contributed by atoms with Crippen molar-refractivity contribution in [3.63, 3.8) is 0 Å². The van der Waals surface area contributed by atoms with E-state index < -0.39 is 0 Å². The minimum Gasteiger partial charge on any atom is -0.330 e. The molecule has 1 atom stereocenters. The summed E-state index contributed by atoms with van der Waals surface area (Å²) in [6.07, 6.45) is 2.69. The number of hydrogen-bond donors (Lipinski definition) is 2. The fraction of sp³-hybridized carbons (Fsp3) is 0.923. The van der Waals surface area contributed by atoms with Gasteiger partial charge in [-0.1, -0.05) is 48.0 Å². The fourth-order valence-electron chi connectivity index (χ4n) is 0.712. The molecule has 0 aliphatic rings. The topological polar surface area (TPSA) is 69.1 Å². The molecule has 0 rings (SSSR count). The highest BCUT2D eigenvalue weighted by atomic mass is 16.1. The number of carbonyl (C=O) groups excluding carboxylic acids is 1. The third kappa shape index (κ3) is 29.2. The molecule has 3 heteroatoms. The Morgan fingerprint density at radius 3 is 1.62 bits per heavy atom. The van der Waals surface area contributed by atoms with Gasteiger partial charge in [0.05, 0.1) is 6.04 Å². The summed E-state index contributed by atoms with van der Waals surface area (Å²) in [5.74, 6) is 0.0667. The maximum atomic E-state index is 10.6. The first kappa shape index (κ1) is 24.7. The summed E-state index contributed by atoms with van der Waals surface area (Å²) < 4.78 is 0. The predicted molar refractivity (Wildman–Crippen MR) is 75.6 cm³/mol. The second kappa shape index (κ2) is 29.3. The number of nitrogens with two attached hydrogens (primary N) is 2. The van der Waals surface area contributed by atoms with Gasteiger partial charge in [-0.3, -0.25) is 4.79 Å². The molecule has 0 saturated heterocycles. The van der Waals surface area contributed by atoms with Crippen molar-refractivity contribution in [3.05, 3.63) is 0 Å². The van der Waals surface area contributed by atoms with Crippen LogP contribution in [-0.2, 0) is 4.79 Å². The van der Waals surface area contributed by atoms with Crippen LogP contribution >= 0.6 is 0 Å². The van der Waals surface area contributed by atoms with Crippen molar-refractivity contribution in [2.75, 3.05) is 6.54 Å². The normalized spacial score (nSPS) is 9.31. The van der Waals surface area contributed by atoms with Crippen LogP contribution in [0.3, 0.4) is 0 Å². The molecule has 4 N–H and O–H groups in total. The smallest absolute Gasteiger partial charge is 0.146 e. The molecule has 0 saturated carbocycles. The Labute approximate surface area is 103 Å². The Morgan fingerprint density at radius 1 is 1.00 bits per heavy atom. The lowest BCUT2D eigenvalue weighted by atomic mass is 10.1. The van der Waals surface area contributed by atoms with Crippen LogP contribution in [-0.4, -0.2) is 18.4 Å². The first-order chi connectivity index (χ1) is 7.68. The van der Waals surface area contributed by atoms with Gasteiger partial charge in [0.1, 0.15) is 5.78 Å². The maximum absolute atomic E-state index is 10.6. The Balaban J connectivity index is -0.000000103. The molecule has 3 nitrogen and oxygen atoms in total. The first-order valence-corrected chi connectivity index (χ1v) is 6.64. The summed E-state index contributed by atoms with van der Waals surface area (Å²) in [5.41, 5.74) is 10.7. The van der Waals surface area contributed by atoms with Gasteiger partial charge in [0.15, 0.2) is 0 Å². The number of Topliss-reactive ketones (excluding diaryl/α,β-unsaturated/α-hetero) is 1. The third-order valence-corrected chi connectivity index (χ3v) is 1.49. The van der Waals surface area contributed by atoms with Crippen LogP contribution in [0.25, 0.3) is 0 Å². The van der Waals surface area contributed by atoms with Crippen molar-refractivity contribution in [1.82, 2.24) is 0 Å². The molecular weight excluding hydrogens is 200 g/mol. The number of carbonyl (C=O) groups is 1. The molecule has 0 spiro atoms. The van der Waals surface area contributed by atoms with Gasteiger partial charge >= 0.3 is 0 Å². The van der Waals surface area contributed by atoms with Crippen LogP contribution in [0.1, 0.15) is 67.7 Å². The average Bonchev–Trinajstić information content (AvgIpc) is 2.36. The van der Waals surface area contributed by atoms with Crippen LogP contribution in [0.5, 0.6) is 0 Å². The van der Waals surface area contributed by atoms with E-state index in [-0.39, 0.29) is 11.8 Å². The van der Waals surface area contributed by atoms with Crippen molar-refractivity contribution in [1.29, 1.82) is 0 Å². The van der Waals surface area contributed by atoms with E-state index in [0.717, 1.165) is 19.3 Å². The van der Waals surface area contributed by atoms with Crippen molar-refractivity contribution < 1.29 is 4.79 Å². The highest BCUT2D eigenvalue weighted by Crippen LogP contribution is 1.97. The van der Waals surface area contributed by atoms with Gasteiger partial charge in [0.2, 0.25) is 0 Å². The molecule has 0 radical (unpaired) electrons. The molecule has 102 valence electrons. The molecule has 0 unspecified atom stereocenters. The minimum absolute atomic E-state index is 0.0667. The van der Waals surface area contributed by atoms with Gasteiger partial charge in [-0.2, -0.15) is 0 Å². The molecule has 0 fully saturated rings. The second-order valence-electron chi connectivity index (χ2n) is 2.50.